The van der Waals surface area contributed by atoms with Gasteiger partial charge in [0.2, 0.25) is 0 Å². The lowest BCUT2D eigenvalue weighted by Gasteiger charge is -2.10. The Morgan fingerprint density at radius 2 is 1.94 bits per heavy atom. The number of nitrogens with zero attached hydrogens (tertiary/aromatic N) is 3. The zero-order chi connectivity index (χ0) is 22.2. The summed E-state index contributed by atoms with van der Waals surface area (Å²) in [5.41, 5.74) is 12.0. The Bertz CT molecular complexity index is 968. The van der Waals surface area contributed by atoms with Crippen molar-refractivity contribution in [3.63, 3.8) is 0 Å². The van der Waals surface area contributed by atoms with Crippen LogP contribution in [0.4, 0.5) is 16.4 Å². The first-order valence-corrected chi connectivity index (χ1v) is 10.1. The van der Waals surface area contributed by atoms with E-state index in [4.69, 9.17) is 23.1 Å². The number of hydrogen-bond donors (Lipinski definition) is 6. The van der Waals surface area contributed by atoms with Crippen molar-refractivity contribution in [1.29, 1.82) is 0 Å². The van der Waals surface area contributed by atoms with Crippen molar-refractivity contribution in [3.8, 4) is 0 Å². The first kappa shape index (κ1) is 22.1. The number of halogens is 1. The minimum Gasteiger partial charge on any atom is -0.382 e. The summed E-state index contributed by atoms with van der Waals surface area (Å²) < 4.78 is 0. The number of carbonyl (C=O) groups excluding carboxylic acids is 2. The quantitative estimate of drug-likeness (QED) is 0.336. The Labute approximate surface area is 184 Å². The molecule has 8 N–H and O–H groups in total. The second kappa shape index (κ2) is 10.4. The second-order valence-electron chi connectivity index (χ2n) is 6.86. The van der Waals surface area contributed by atoms with Gasteiger partial charge in [0.05, 0.1) is 0 Å². The van der Waals surface area contributed by atoms with Gasteiger partial charge in [-0.25, -0.2) is 14.8 Å². The van der Waals surface area contributed by atoms with Crippen LogP contribution in [0.5, 0.6) is 0 Å². The third kappa shape index (κ3) is 6.44. The number of benzene rings is 1. The maximum atomic E-state index is 12.3. The Kier molecular flexibility index (Phi) is 7.44. The SMILES string of the molecule is Nc1nc(N)c(C(=O)/N=C2\NC[C@H](CCCNC(=O)NCc3ccccc3)N2)nc1Cl. The van der Waals surface area contributed by atoms with Crippen molar-refractivity contribution in [1.82, 2.24) is 31.2 Å². The lowest BCUT2D eigenvalue weighted by Crippen LogP contribution is -2.36. The molecular formula is C19H24ClN9O2. The number of amides is 3. The highest BCUT2D eigenvalue weighted by atomic mass is 35.5. The summed E-state index contributed by atoms with van der Waals surface area (Å²) >= 11 is 5.79. The zero-order valence-electron chi connectivity index (χ0n) is 16.7. The van der Waals surface area contributed by atoms with Crippen LogP contribution in [0.15, 0.2) is 35.3 Å². The van der Waals surface area contributed by atoms with Gasteiger partial charge in [-0.15, -0.1) is 0 Å². The molecule has 3 rings (SSSR count). The molecule has 2 aromatic rings. The average molecular weight is 446 g/mol. The molecule has 31 heavy (non-hydrogen) atoms. The van der Waals surface area contributed by atoms with Gasteiger partial charge in [0.1, 0.15) is 0 Å². The van der Waals surface area contributed by atoms with Gasteiger partial charge >= 0.3 is 11.9 Å². The molecule has 0 unspecified atom stereocenters. The maximum absolute atomic E-state index is 12.3. The van der Waals surface area contributed by atoms with Crippen molar-refractivity contribution < 1.29 is 9.59 Å². The summed E-state index contributed by atoms with van der Waals surface area (Å²) in [5, 5.41) is 11.7. The molecule has 164 valence electrons. The van der Waals surface area contributed by atoms with Crippen LogP contribution in [0.1, 0.15) is 28.9 Å². The van der Waals surface area contributed by atoms with E-state index in [1.54, 1.807) is 0 Å². The van der Waals surface area contributed by atoms with Gasteiger partial charge < -0.3 is 32.7 Å². The molecule has 11 nitrogen and oxygen atoms in total. The Balaban J connectivity index is 1.38. The van der Waals surface area contributed by atoms with Crippen molar-refractivity contribution in [2.24, 2.45) is 4.99 Å². The predicted octanol–water partition coefficient (Wildman–Crippen LogP) is 0.632. The Morgan fingerprint density at radius 1 is 1.16 bits per heavy atom. The van der Waals surface area contributed by atoms with Gasteiger partial charge in [-0.1, -0.05) is 41.9 Å². The summed E-state index contributed by atoms with van der Waals surface area (Å²) in [4.78, 5) is 35.7. The molecule has 1 fully saturated rings. The smallest absolute Gasteiger partial charge is 0.315 e. The predicted molar refractivity (Wildman–Crippen MR) is 118 cm³/mol. The van der Waals surface area contributed by atoms with E-state index in [-0.39, 0.29) is 34.6 Å². The number of hydrogen-bond acceptors (Lipinski definition) is 6. The van der Waals surface area contributed by atoms with Crippen molar-refractivity contribution >= 4 is 41.1 Å². The molecular weight excluding hydrogens is 422 g/mol. The third-order valence-corrected chi connectivity index (χ3v) is 4.77. The molecule has 3 amide bonds. The van der Waals surface area contributed by atoms with E-state index >= 15 is 0 Å². The third-order valence-electron chi connectivity index (χ3n) is 4.49. The molecule has 1 aliphatic rings. The number of aliphatic imine (C=N–C) groups is 1. The first-order chi connectivity index (χ1) is 14.9. The monoisotopic (exact) mass is 445 g/mol. The van der Waals surface area contributed by atoms with E-state index in [0.717, 1.165) is 18.4 Å². The summed E-state index contributed by atoms with van der Waals surface area (Å²) in [6, 6.07) is 9.54. The number of anilines is 2. The topological polar surface area (TPSA) is 172 Å². The summed E-state index contributed by atoms with van der Waals surface area (Å²) in [6.07, 6.45) is 1.53. The van der Waals surface area contributed by atoms with Gasteiger partial charge in [0, 0.05) is 25.7 Å². The zero-order valence-corrected chi connectivity index (χ0v) is 17.4. The van der Waals surface area contributed by atoms with E-state index in [0.29, 0.717) is 25.6 Å². The number of carbonyl (C=O) groups is 2. The minimum atomic E-state index is -0.681. The van der Waals surface area contributed by atoms with Crippen LogP contribution in [0, 0.1) is 0 Å². The number of rotatable bonds is 7. The summed E-state index contributed by atoms with van der Waals surface area (Å²) in [5.74, 6) is -0.553. The maximum Gasteiger partial charge on any atom is 0.315 e. The number of nitrogens with one attached hydrogen (secondary N) is 4. The van der Waals surface area contributed by atoms with Gasteiger partial charge in [-0.3, -0.25) is 4.79 Å². The molecule has 2 heterocycles. The molecule has 0 spiro atoms. The lowest BCUT2D eigenvalue weighted by atomic mass is 10.2. The van der Waals surface area contributed by atoms with Crippen LogP contribution < -0.4 is 32.7 Å². The van der Waals surface area contributed by atoms with E-state index in [2.05, 4.69) is 36.2 Å². The van der Waals surface area contributed by atoms with E-state index in [1.165, 1.54) is 0 Å². The normalized spacial score (nSPS) is 16.4. The van der Waals surface area contributed by atoms with Crippen LogP contribution in [0.3, 0.4) is 0 Å². The number of aromatic nitrogens is 2. The highest BCUT2D eigenvalue weighted by Crippen LogP contribution is 2.18. The van der Waals surface area contributed by atoms with E-state index in [1.807, 2.05) is 30.3 Å². The van der Waals surface area contributed by atoms with Gasteiger partial charge in [-0.2, -0.15) is 4.99 Å². The fraction of sp³-hybridized carbons (Fsp3) is 0.316. The van der Waals surface area contributed by atoms with Crippen molar-refractivity contribution in [3.05, 3.63) is 46.7 Å². The number of guanidine groups is 1. The molecule has 1 saturated heterocycles. The number of nitrogens with two attached hydrogens (primary N) is 2. The summed E-state index contributed by atoms with van der Waals surface area (Å²) in [7, 11) is 0. The number of urea groups is 1. The molecule has 12 heteroatoms. The van der Waals surface area contributed by atoms with Crippen LogP contribution in [-0.4, -0.2) is 47.0 Å². The second-order valence-corrected chi connectivity index (χ2v) is 7.22. The van der Waals surface area contributed by atoms with Crippen LogP contribution in [0.25, 0.3) is 0 Å². The van der Waals surface area contributed by atoms with Crippen molar-refractivity contribution in [2.45, 2.75) is 25.4 Å². The summed E-state index contributed by atoms with van der Waals surface area (Å²) in [6.45, 7) is 1.60. The Morgan fingerprint density at radius 3 is 2.71 bits per heavy atom. The van der Waals surface area contributed by atoms with Crippen LogP contribution in [-0.2, 0) is 6.54 Å². The lowest BCUT2D eigenvalue weighted by molar-refractivity contribution is 0.0998. The van der Waals surface area contributed by atoms with Crippen molar-refractivity contribution in [2.75, 3.05) is 24.6 Å². The molecule has 1 aromatic carbocycles. The van der Waals surface area contributed by atoms with E-state index in [9.17, 15) is 9.59 Å². The molecule has 1 atom stereocenters. The molecule has 0 saturated carbocycles. The highest BCUT2D eigenvalue weighted by molar-refractivity contribution is 6.31. The molecule has 1 aromatic heterocycles. The average Bonchev–Trinajstić information content (AvgIpc) is 3.20. The van der Waals surface area contributed by atoms with Crippen LogP contribution >= 0.6 is 11.6 Å². The largest absolute Gasteiger partial charge is 0.382 e. The van der Waals surface area contributed by atoms with E-state index < -0.39 is 5.91 Å². The van der Waals surface area contributed by atoms with Crippen LogP contribution in [0.2, 0.25) is 5.15 Å². The number of nitrogen functional groups attached to an aromatic ring is 2. The first-order valence-electron chi connectivity index (χ1n) is 9.70. The molecule has 0 bridgehead atoms. The fourth-order valence-electron chi connectivity index (χ4n) is 2.91. The fourth-order valence-corrected chi connectivity index (χ4v) is 3.03. The highest BCUT2D eigenvalue weighted by Gasteiger charge is 2.21. The minimum absolute atomic E-state index is 0.0529. The molecule has 0 aliphatic carbocycles. The van der Waals surface area contributed by atoms with Gasteiger partial charge in [-0.05, 0) is 18.4 Å². The molecule has 0 radical (unpaired) electrons. The Hall–Kier alpha value is -3.60. The van der Waals surface area contributed by atoms with Gasteiger partial charge in [0.15, 0.2) is 28.4 Å². The standard InChI is InChI=1S/C19H24ClN9O2/c20-14-16(22)28-15(21)13(27-14)17(30)29-18-24-10-12(26-18)7-4-8-23-19(31)25-9-11-5-2-1-3-6-11/h1-3,5-6,12H,4,7-10H2,(H4,21,22,28)(H2,23,25,31)(H2,24,26,29,30)/t12-/m0/s1. The molecule has 1 aliphatic heterocycles. The van der Waals surface area contributed by atoms with Gasteiger partial charge in [0.25, 0.3) is 0 Å².